The summed E-state index contributed by atoms with van der Waals surface area (Å²) in [6, 6.07) is 0. The van der Waals surface area contributed by atoms with Gasteiger partial charge in [-0.2, -0.15) is 8.42 Å². The van der Waals surface area contributed by atoms with Crippen LogP contribution in [0.15, 0.2) is 12.0 Å². The molecular weight excluding hydrogens is 180 g/mol. The van der Waals surface area contributed by atoms with Crippen molar-refractivity contribution >= 4 is 10.1 Å². The molecule has 0 aromatic carbocycles. The van der Waals surface area contributed by atoms with E-state index in [1.807, 2.05) is 0 Å². The molecule has 0 spiro atoms. The minimum Gasteiger partial charge on any atom is -0.465 e. The Balaban J connectivity index is 2.56. The highest BCUT2D eigenvalue weighted by molar-refractivity contribution is 7.86. The molecule has 1 rings (SSSR count). The second-order valence-electron chi connectivity index (χ2n) is 2.44. The highest BCUT2D eigenvalue weighted by Crippen LogP contribution is 2.13. The second kappa shape index (κ2) is 3.80. The fourth-order valence-electron chi connectivity index (χ4n) is 0.777. The normalized spacial score (nSPS) is 17.9. The molecule has 0 saturated carbocycles. The Hall–Kier alpha value is -0.710. The van der Waals surface area contributed by atoms with Crippen LogP contribution in [0.1, 0.15) is 19.8 Å². The summed E-state index contributed by atoms with van der Waals surface area (Å²) in [6.07, 6.45) is 3.38. The molecule has 0 fully saturated rings. The van der Waals surface area contributed by atoms with Gasteiger partial charge in [0, 0.05) is 0 Å². The van der Waals surface area contributed by atoms with Gasteiger partial charge in [-0.25, -0.2) is 0 Å². The smallest absolute Gasteiger partial charge is 0.311 e. The molecule has 0 radical (unpaired) electrons. The molecule has 0 unspecified atom stereocenters. The van der Waals surface area contributed by atoms with E-state index < -0.39 is 10.1 Å². The van der Waals surface area contributed by atoms with Gasteiger partial charge in [0.25, 0.3) is 5.95 Å². The third kappa shape index (κ3) is 2.73. The average Bonchev–Trinajstić information content (AvgIpc) is 2.06. The van der Waals surface area contributed by atoms with Crippen LogP contribution in [0.4, 0.5) is 0 Å². The van der Waals surface area contributed by atoms with E-state index in [1.54, 1.807) is 6.08 Å². The number of allylic oxidation sites excluding steroid dienone is 1. The monoisotopic (exact) mass is 192 g/mol. The largest absolute Gasteiger partial charge is 0.465 e. The van der Waals surface area contributed by atoms with Crippen LogP contribution in [0.25, 0.3) is 0 Å². The average molecular weight is 192 g/mol. The van der Waals surface area contributed by atoms with Crippen LogP contribution in [0.3, 0.4) is 0 Å². The van der Waals surface area contributed by atoms with Gasteiger partial charge in [-0.05, 0) is 25.8 Å². The van der Waals surface area contributed by atoms with Gasteiger partial charge in [0.1, 0.15) is 0 Å². The lowest BCUT2D eigenvalue weighted by Crippen LogP contribution is -2.12. The van der Waals surface area contributed by atoms with Gasteiger partial charge >= 0.3 is 10.1 Å². The lowest BCUT2D eigenvalue weighted by atomic mass is 10.3. The first-order chi connectivity index (χ1) is 5.64. The summed E-state index contributed by atoms with van der Waals surface area (Å²) in [4.78, 5) is 0. The van der Waals surface area contributed by atoms with Crippen molar-refractivity contribution < 1.29 is 17.3 Å². The Labute approximate surface area is 72.3 Å². The molecule has 0 atom stereocenters. The highest BCUT2D eigenvalue weighted by Gasteiger charge is 2.14. The summed E-state index contributed by atoms with van der Waals surface area (Å²) < 4.78 is 31.5. The Kier molecular flexibility index (Phi) is 2.97. The van der Waals surface area contributed by atoms with Crippen molar-refractivity contribution in [2.45, 2.75) is 19.8 Å². The van der Waals surface area contributed by atoms with E-state index in [2.05, 4.69) is 4.18 Å². The van der Waals surface area contributed by atoms with Crippen molar-refractivity contribution in [3.8, 4) is 0 Å². The molecule has 12 heavy (non-hydrogen) atoms. The minimum atomic E-state index is -3.41. The van der Waals surface area contributed by atoms with E-state index in [-0.39, 0.29) is 11.7 Å². The second-order valence-corrected chi connectivity index (χ2v) is 4.30. The van der Waals surface area contributed by atoms with Crippen molar-refractivity contribution in [2.75, 3.05) is 12.4 Å². The van der Waals surface area contributed by atoms with E-state index in [0.717, 1.165) is 12.8 Å². The molecule has 0 bridgehead atoms. The first-order valence-corrected chi connectivity index (χ1v) is 5.47. The molecular formula is C7H12O4S. The summed E-state index contributed by atoms with van der Waals surface area (Å²) in [6.45, 7) is 2.06. The van der Waals surface area contributed by atoms with Gasteiger partial charge in [0.15, 0.2) is 0 Å². The molecule has 5 heteroatoms. The van der Waals surface area contributed by atoms with Crippen molar-refractivity contribution in [3.63, 3.8) is 0 Å². The third-order valence-corrected chi connectivity index (χ3v) is 2.59. The summed E-state index contributed by atoms with van der Waals surface area (Å²) in [5, 5.41) is 0. The molecule has 0 aliphatic carbocycles. The Morgan fingerprint density at radius 1 is 1.67 bits per heavy atom. The van der Waals surface area contributed by atoms with Crippen molar-refractivity contribution in [1.82, 2.24) is 0 Å². The molecule has 0 saturated heterocycles. The number of rotatable bonds is 3. The standard InChI is InChI=1S/C7H12O4S/c1-2-12(8,9)11-7-5-3-4-6-10-7/h5H,2-4,6H2,1H3. The Bertz CT molecular complexity index is 265. The minimum absolute atomic E-state index is 0.0340. The van der Waals surface area contributed by atoms with Gasteiger partial charge in [0.05, 0.1) is 12.4 Å². The van der Waals surface area contributed by atoms with Gasteiger partial charge in [-0.1, -0.05) is 0 Å². The van der Waals surface area contributed by atoms with E-state index in [0.29, 0.717) is 6.61 Å². The van der Waals surface area contributed by atoms with Crippen molar-refractivity contribution in [2.24, 2.45) is 0 Å². The summed E-state index contributed by atoms with van der Waals surface area (Å²) in [7, 11) is -3.41. The van der Waals surface area contributed by atoms with Crippen LogP contribution < -0.4 is 0 Å². The molecule has 4 nitrogen and oxygen atoms in total. The maximum atomic E-state index is 10.9. The Morgan fingerprint density at radius 3 is 2.92 bits per heavy atom. The number of hydrogen-bond donors (Lipinski definition) is 0. The molecule has 0 amide bonds. The van der Waals surface area contributed by atoms with Gasteiger partial charge in [0.2, 0.25) is 0 Å². The Morgan fingerprint density at radius 2 is 2.42 bits per heavy atom. The SMILES string of the molecule is CCS(=O)(=O)OC1=CCCCO1. The molecule has 0 N–H and O–H groups in total. The van der Waals surface area contributed by atoms with Crippen LogP contribution in [0, 0.1) is 0 Å². The molecule has 70 valence electrons. The molecule has 1 aliphatic rings. The first-order valence-electron chi connectivity index (χ1n) is 3.89. The molecule has 0 aromatic rings. The number of hydrogen-bond acceptors (Lipinski definition) is 4. The van der Waals surface area contributed by atoms with Gasteiger partial charge in [-0.3, -0.25) is 0 Å². The van der Waals surface area contributed by atoms with Gasteiger partial charge in [-0.15, -0.1) is 0 Å². The maximum Gasteiger partial charge on any atom is 0.311 e. The van der Waals surface area contributed by atoms with E-state index in [9.17, 15) is 8.42 Å². The molecule has 0 aromatic heterocycles. The van der Waals surface area contributed by atoms with Crippen molar-refractivity contribution in [3.05, 3.63) is 12.0 Å². The van der Waals surface area contributed by atoms with Crippen LogP contribution in [0.5, 0.6) is 0 Å². The van der Waals surface area contributed by atoms with Crippen LogP contribution in [0.2, 0.25) is 0 Å². The van der Waals surface area contributed by atoms with Crippen LogP contribution in [-0.4, -0.2) is 20.8 Å². The quantitative estimate of drug-likeness (QED) is 0.626. The van der Waals surface area contributed by atoms with E-state index in [4.69, 9.17) is 4.74 Å². The zero-order valence-electron chi connectivity index (χ0n) is 6.95. The highest BCUT2D eigenvalue weighted by atomic mass is 32.2. The lowest BCUT2D eigenvalue weighted by Gasteiger charge is -2.13. The molecule has 1 heterocycles. The summed E-state index contributed by atoms with van der Waals surface area (Å²) in [5.74, 6) is 0.0938. The van der Waals surface area contributed by atoms with E-state index in [1.165, 1.54) is 6.92 Å². The predicted molar refractivity (Wildman–Crippen MR) is 43.8 cm³/mol. The summed E-state index contributed by atoms with van der Waals surface area (Å²) >= 11 is 0. The summed E-state index contributed by atoms with van der Waals surface area (Å²) in [5.41, 5.74) is 0. The maximum absolute atomic E-state index is 10.9. The van der Waals surface area contributed by atoms with Gasteiger partial charge < -0.3 is 8.92 Å². The van der Waals surface area contributed by atoms with E-state index >= 15 is 0 Å². The topological polar surface area (TPSA) is 52.6 Å². The first kappa shape index (κ1) is 9.38. The zero-order chi connectivity index (χ0) is 9.03. The third-order valence-electron chi connectivity index (χ3n) is 1.47. The predicted octanol–water partition coefficient (Wildman–Crippen LogP) is 1.00. The molecule has 1 aliphatic heterocycles. The lowest BCUT2D eigenvalue weighted by molar-refractivity contribution is 0.0958. The van der Waals surface area contributed by atoms with Crippen LogP contribution in [-0.2, 0) is 19.0 Å². The fraction of sp³-hybridized carbons (Fsp3) is 0.714. The van der Waals surface area contributed by atoms with Crippen molar-refractivity contribution in [1.29, 1.82) is 0 Å². The number of ether oxygens (including phenoxy) is 1. The fourth-order valence-corrected chi connectivity index (χ4v) is 1.26. The zero-order valence-corrected chi connectivity index (χ0v) is 7.76. The van der Waals surface area contributed by atoms with Crippen LogP contribution >= 0.6 is 0 Å².